The van der Waals surface area contributed by atoms with Crippen molar-refractivity contribution in [1.29, 1.82) is 0 Å². The van der Waals surface area contributed by atoms with Gasteiger partial charge >= 0.3 is 6.18 Å². The minimum atomic E-state index is -4.66. The van der Waals surface area contributed by atoms with E-state index in [9.17, 15) is 18.0 Å². The van der Waals surface area contributed by atoms with E-state index < -0.39 is 17.6 Å². The molecule has 1 N–H and O–H groups in total. The van der Waals surface area contributed by atoms with Crippen molar-refractivity contribution < 1.29 is 13.2 Å². The standard InChI is InChI=1S/C20H17F3N4O/c21-20(22,23)19-25-17-8-9-27(12-15(17)18(28)26-19)11-13-6-7-16(24-10-13)14-4-2-1-3-5-14/h1-7,10H,8-9,11-12H2,(H,25,26,28). The largest absolute Gasteiger partial charge is 0.449 e. The molecule has 0 bridgehead atoms. The van der Waals surface area contributed by atoms with Crippen LogP contribution < -0.4 is 5.56 Å². The Balaban J connectivity index is 1.49. The third-order valence-electron chi connectivity index (χ3n) is 4.72. The Morgan fingerprint density at radius 2 is 1.89 bits per heavy atom. The highest BCUT2D eigenvalue weighted by Gasteiger charge is 2.35. The first-order chi connectivity index (χ1) is 13.4. The van der Waals surface area contributed by atoms with Crippen molar-refractivity contribution in [2.45, 2.75) is 25.7 Å². The van der Waals surface area contributed by atoms with Crippen LogP contribution in [0.3, 0.4) is 0 Å². The summed E-state index contributed by atoms with van der Waals surface area (Å²) in [7, 11) is 0. The highest BCUT2D eigenvalue weighted by molar-refractivity contribution is 5.58. The first-order valence-electron chi connectivity index (χ1n) is 8.82. The molecule has 0 saturated heterocycles. The second-order valence-electron chi connectivity index (χ2n) is 6.72. The van der Waals surface area contributed by atoms with Gasteiger partial charge in [-0.25, -0.2) is 4.98 Å². The highest BCUT2D eigenvalue weighted by Crippen LogP contribution is 2.27. The van der Waals surface area contributed by atoms with Gasteiger partial charge in [-0.15, -0.1) is 0 Å². The Kier molecular flexibility index (Phi) is 4.72. The predicted octanol–water partition coefficient (Wildman–Crippen LogP) is 3.41. The van der Waals surface area contributed by atoms with Gasteiger partial charge in [0.15, 0.2) is 0 Å². The number of halogens is 3. The van der Waals surface area contributed by atoms with E-state index in [1.165, 1.54) is 0 Å². The van der Waals surface area contributed by atoms with Gasteiger partial charge in [0.05, 0.1) is 17.0 Å². The van der Waals surface area contributed by atoms with E-state index in [1.807, 2.05) is 52.3 Å². The number of benzene rings is 1. The molecule has 2 aromatic heterocycles. The summed E-state index contributed by atoms with van der Waals surface area (Å²) in [6, 6.07) is 13.7. The SMILES string of the molecule is O=c1[nH]c(C(F)(F)F)nc2c1CN(Cc1ccc(-c3ccccc3)nc1)CC2. The van der Waals surface area contributed by atoms with Crippen LogP contribution in [0.4, 0.5) is 13.2 Å². The van der Waals surface area contributed by atoms with E-state index in [0.29, 0.717) is 25.1 Å². The van der Waals surface area contributed by atoms with Crippen molar-refractivity contribution in [2.75, 3.05) is 6.54 Å². The van der Waals surface area contributed by atoms with Gasteiger partial charge < -0.3 is 4.98 Å². The average molecular weight is 386 g/mol. The zero-order valence-corrected chi connectivity index (χ0v) is 14.8. The molecule has 0 saturated carbocycles. The Labute approximate surface area is 158 Å². The van der Waals surface area contributed by atoms with E-state index in [0.717, 1.165) is 16.8 Å². The third-order valence-corrected chi connectivity index (χ3v) is 4.72. The van der Waals surface area contributed by atoms with Crippen molar-refractivity contribution >= 4 is 0 Å². The van der Waals surface area contributed by atoms with Crippen LogP contribution in [-0.2, 0) is 25.7 Å². The van der Waals surface area contributed by atoms with E-state index in [-0.39, 0.29) is 12.2 Å². The lowest BCUT2D eigenvalue weighted by molar-refractivity contribution is -0.145. The van der Waals surface area contributed by atoms with E-state index >= 15 is 0 Å². The second-order valence-corrected chi connectivity index (χ2v) is 6.72. The first kappa shape index (κ1) is 18.4. The number of fused-ring (bicyclic) bond motifs is 1. The van der Waals surface area contributed by atoms with Crippen molar-refractivity contribution in [3.8, 4) is 11.3 Å². The average Bonchev–Trinajstić information content (AvgIpc) is 2.69. The maximum atomic E-state index is 12.8. The summed E-state index contributed by atoms with van der Waals surface area (Å²) in [5.74, 6) is -1.23. The summed E-state index contributed by atoms with van der Waals surface area (Å²) in [5.41, 5.74) is 2.67. The molecule has 0 amide bonds. The van der Waals surface area contributed by atoms with Crippen LogP contribution in [0.15, 0.2) is 53.5 Å². The molecule has 0 atom stereocenters. The smallest absolute Gasteiger partial charge is 0.303 e. The Bertz CT molecular complexity index is 1030. The molecule has 3 aromatic rings. The maximum absolute atomic E-state index is 12.8. The Morgan fingerprint density at radius 1 is 1.11 bits per heavy atom. The minimum Gasteiger partial charge on any atom is -0.303 e. The van der Waals surface area contributed by atoms with Crippen molar-refractivity contribution in [3.05, 3.63) is 81.7 Å². The number of hydrogen-bond acceptors (Lipinski definition) is 4. The molecule has 28 heavy (non-hydrogen) atoms. The summed E-state index contributed by atoms with van der Waals surface area (Å²) >= 11 is 0. The van der Waals surface area contributed by atoms with Crippen molar-refractivity contribution in [3.63, 3.8) is 0 Å². The predicted molar refractivity (Wildman–Crippen MR) is 97.4 cm³/mol. The molecule has 0 fully saturated rings. The van der Waals surface area contributed by atoms with Crippen molar-refractivity contribution in [2.24, 2.45) is 0 Å². The second kappa shape index (κ2) is 7.20. The normalized spacial score (nSPS) is 14.7. The number of pyridine rings is 1. The molecule has 0 unspecified atom stereocenters. The molecule has 8 heteroatoms. The minimum absolute atomic E-state index is 0.227. The molecular formula is C20H17F3N4O. The number of H-pyrrole nitrogens is 1. The van der Waals surface area contributed by atoms with Crippen LogP contribution in [0.5, 0.6) is 0 Å². The van der Waals surface area contributed by atoms with Crippen molar-refractivity contribution in [1.82, 2.24) is 19.9 Å². The topological polar surface area (TPSA) is 61.9 Å². The van der Waals surface area contributed by atoms with E-state index in [1.54, 1.807) is 6.20 Å². The number of hydrogen-bond donors (Lipinski definition) is 1. The molecule has 5 nitrogen and oxygen atoms in total. The summed E-state index contributed by atoms with van der Waals surface area (Å²) < 4.78 is 38.4. The van der Waals surface area contributed by atoms with Gasteiger partial charge in [-0.05, 0) is 11.6 Å². The third kappa shape index (κ3) is 3.82. The van der Waals surface area contributed by atoms with Gasteiger partial charge in [-0.3, -0.25) is 14.7 Å². The fourth-order valence-corrected chi connectivity index (χ4v) is 3.31. The summed E-state index contributed by atoms with van der Waals surface area (Å²) in [4.78, 5) is 24.1. The quantitative estimate of drug-likeness (QED) is 0.749. The monoisotopic (exact) mass is 386 g/mol. The number of aromatic nitrogens is 3. The lowest BCUT2D eigenvalue weighted by Gasteiger charge is -2.27. The number of rotatable bonds is 3. The van der Waals surface area contributed by atoms with Gasteiger partial charge in [0.1, 0.15) is 0 Å². The van der Waals surface area contributed by atoms with E-state index in [4.69, 9.17) is 0 Å². The first-order valence-corrected chi connectivity index (χ1v) is 8.82. The summed E-state index contributed by atoms with van der Waals surface area (Å²) in [6.45, 7) is 1.35. The number of aromatic amines is 1. The van der Waals surface area contributed by atoms with Gasteiger partial charge in [-0.2, -0.15) is 13.2 Å². The molecule has 1 aliphatic heterocycles. The van der Waals surface area contributed by atoms with Crippen LogP contribution in [0.25, 0.3) is 11.3 Å². The molecule has 4 rings (SSSR count). The van der Waals surface area contributed by atoms with Gasteiger partial charge in [0, 0.05) is 37.8 Å². The molecule has 0 radical (unpaired) electrons. The molecule has 0 spiro atoms. The number of alkyl halides is 3. The molecular weight excluding hydrogens is 369 g/mol. The fourth-order valence-electron chi connectivity index (χ4n) is 3.31. The van der Waals surface area contributed by atoms with Crippen LogP contribution in [-0.4, -0.2) is 26.4 Å². The number of nitrogens with zero attached hydrogens (tertiary/aromatic N) is 3. The maximum Gasteiger partial charge on any atom is 0.449 e. The molecule has 3 heterocycles. The van der Waals surface area contributed by atoms with Crippen LogP contribution in [0, 0.1) is 0 Å². The number of nitrogens with one attached hydrogen (secondary N) is 1. The fraction of sp³-hybridized carbons (Fsp3) is 0.250. The van der Waals surface area contributed by atoms with Gasteiger partial charge in [0.25, 0.3) is 5.56 Å². The zero-order valence-electron chi connectivity index (χ0n) is 14.8. The molecule has 1 aromatic carbocycles. The lowest BCUT2D eigenvalue weighted by Crippen LogP contribution is -2.36. The van der Waals surface area contributed by atoms with Crippen LogP contribution in [0.2, 0.25) is 0 Å². The summed E-state index contributed by atoms with van der Waals surface area (Å²) in [5, 5.41) is 0. The Morgan fingerprint density at radius 3 is 2.57 bits per heavy atom. The Hall–Kier alpha value is -3.00. The summed E-state index contributed by atoms with van der Waals surface area (Å²) in [6.07, 6.45) is -2.57. The molecule has 144 valence electrons. The highest BCUT2D eigenvalue weighted by atomic mass is 19.4. The van der Waals surface area contributed by atoms with Crippen LogP contribution in [0.1, 0.15) is 22.6 Å². The zero-order chi connectivity index (χ0) is 19.7. The van der Waals surface area contributed by atoms with Crippen LogP contribution >= 0.6 is 0 Å². The van der Waals surface area contributed by atoms with E-state index in [2.05, 4.69) is 9.97 Å². The molecule has 1 aliphatic rings. The lowest BCUT2D eigenvalue weighted by atomic mass is 10.1. The molecule has 0 aliphatic carbocycles. The van der Waals surface area contributed by atoms with Gasteiger partial charge in [0.2, 0.25) is 5.82 Å². The van der Waals surface area contributed by atoms with Gasteiger partial charge in [-0.1, -0.05) is 36.4 Å².